The molecule has 8 N–H and O–H groups in total. The molecule has 1 saturated heterocycles. The molecule has 0 aliphatic carbocycles. The van der Waals surface area contributed by atoms with E-state index in [1.165, 1.54) is 6.07 Å². The summed E-state index contributed by atoms with van der Waals surface area (Å²) in [5.74, 6) is 1.09. The fourth-order valence-electron chi connectivity index (χ4n) is 9.10. The molecule has 7 heterocycles. The molecule has 2 aromatic rings. The van der Waals surface area contributed by atoms with Gasteiger partial charge in [0.2, 0.25) is 17.2 Å². The van der Waals surface area contributed by atoms with Gasteiger partial charge in [-0.05, 0) is 50.8 Å². The summed E-state index contributed by atoms with van der Waals surface area (Å²) >= 11 is 0. The first-order chi connectivity index (χ1) is 27.3. The number of rotatable bonds is 15. The molecule has 1 aromatic heterocycles. The molecule has 304 valence electrons. The molecule has 0 spiro atoms. The van der Waals surface area contributed by atoms with E-state index >= 15 is 0 Å². The molecule has 0 bridgehead atoms. The summed E-state index contributed by atoms with van der Waals surface area (Å²) in [7, 11) is 0. The van der Waals surface area contributed by atoms with Gasteiger partial charge in [-0.3, -0.25) is 29.4 Å². The van der Waals surface area contributed by atoms with Gasteiger partial charge in [0.1, 0.15) is 72.6 Å². The number of amides is 1. The molecule has 6 aliphatic rings. The maximum absolute atomic E-state index is 13.6. The van der Waals surface area contributed by atoms with Crippen molar-refractivity contribution in [3.8, 4) is 5.75 Å². The Hall–Kier alpha value is -4.36. The number of hydrogen-bond donors (Lipinski definition) is 8. The number of nitrogens with zero attached hydrogens (tertiary/aromatic N) is 2. The number of aliphatic hydroxyl groups is 5. The quantitative estimate of drug-likeness (QED) is 0.0787. The highest BCUT2D eigenvalue weighted by atomic mass is 17.2. The molecule has 1 amide bonds. The van der Waals surface area contributed by atoms with Crippen LogP contribution in [0.25, 0.3) is 11.0 Å². The minimum atomic E-state index is -2.36. The number of quaternary nitrogens is 2. The summed E-state index contributed by atoms with van der Waals surface area (Å²) in [5, 5.41) is 57.8. The van der Waals surface area contributed by atoms with E-state index in [-0.39, 0.29) is 36.3 Å². The Balaban J connectivity index is 1.11. The lowest BCUT2D eigenvalue weighted by molar-refractivity contribution is -0.861. The first kappa shape index (κ1) is 39.5. The van der Waals surface area contributed by atoms with E-state index in [9.17, 15) is 35.1 Å². The highest BCUT2D eigenvalue weighted by Crippen LogP contribution is 2.45. The van der Waals surface area contributed by atoms with Gasteiger partial charge in [0, 0.05) is 55.9 Å². The predicted molar refractivity (Wildman–Crippen MR) is 206 cm³/mol. The van der Waals surface area contributed by atoms with Crippen molar-refractivity contribution in [1.82, 2.24) is 5.32 Å². The molecule has 10 atom stereocenters. The van der Waals surface area contributed by atoms with Gasteiger partial charge in [-0.25, -0.2) is 9.78 Å². The molecular weight excluding hydrogens is 738 g/mol. The Kier molecular flexibility index (Phi) is 10.7. The number of carbonyl (C=O) groups is 1. The van der Waals surface area contributed by atoms with Crippen LogP contribution in [0, 0.1) is 12.8 Å². The van der Waals surface area contributed by atoms with Gasteiger partial charge in [-0.1, -0.05) is 6.92 Å². The van der Waals surface area contributed by atoms with E-state index < -0.39 is 48.8 Å². The lowest BCUT2D eigenvalue weighted by atomic mass is 9.83. The molecule has 6 aliphatic heterocycles. The third kappa shape index (κ3) is 7.12. The van der Waals surface area contributed by atoms with Crippen molar-refractivity contribution in [3.63, 3.8) is 0 Å². The van der Waals surface area contributed by atoms with Crippen molar-refractivity contribution < 1.29 is 59.1 Å². The zero-order valence-corrected chi connectivity index (χ0v) is 32.2. The van der Waals surface area contributed by atoms with E-state index in [4.69, 9.17) is 18.9 Å². The summed E-state index contributed by atoms with van der Waals surface area (Å²) in [6.07, 6.45) is 6.86. The van der Waals surface area contributed by atoms with Crippen LogP contribution in [0.3, 0.4) is 0 Å². The van der Waals surface area contributed by atoms with Crippen molar-refractivity contribution in [2.24, 2.45) is 15.9 Å². The van der Waals surface area contributed by atoms with Crippen LogP contribution in [0.2, 0.25) is 0 Å². The van der Waals surface area contributed by atoms with Gasteiger partial charge < -0.3 is 40.0 Å². The fourth-order valence-corrected chi connectivity index (χ4v) is 9.10. The number of fused-ring (bicyclic) bond motifs is 4. The lowest BCUT2D eigenvalue weighted by Crippen LogP contribution is -3.13. The average Bonchev–Trinajstić information content (AvgIpc) is 4.03. The SMILES string of the molecule is CCC1=C2C=CN=C2C[NH+]1c1c2c(cc3c(=O)cc(C)oc13)C[C@@H](OOC[C@H](O)[C@](O)(C[NH+]1C=CC3=NC=CC31)[C@H](O)[C@H](O)CO)[C@@](C)(CC[C@H]1CNC(=O)C1)O2. The number of allylic oxidation sites excluding steroid dienone is 2. The van der Waals surface area contributed by atoms with Gasteiger partial charge in [-0.15, -0.1) is 0 Å². The Morgan fingerprint density at radius 3 is 2.72 bits per heavy atom. The van der Waals surface area contributed by atoms with Crippen molar-refractivity contribution in [2.75, 3.05) is 32.8 Å². The first-order valence-corrected chi connectivity index (χ1v) is 19.7. The maximum atomic E-state index is 13.6. The summed E-state index contributed by atoms with van der Waals surface area (Å²) in [6.45, 7) is 5.05. The third-order valence-corrected chi connectivity index (χ3v) is 12.4. The zero-order chi connectivity index (χ0) is 40.2. The van der Waals surface area contributed by atoms with Crippen molar-refractivity contribution in [1.29, 1.82) is 0 Å². The highest BCUT2D eigenvalue weighted by molar-refractivity contribution is 6.08. The van der Waals surface area contributed by atoms with E-state index in [1.807, 2.05) is 19.1 Å². The molecule has 3 unspecified atom stereocenters. The summed E-state index contributed by atoms with van der Waals surface area (Å²) in [5.41, 5.74) is 2.03. The number of carbonyl (C=O) groups excluding carboxylic acids is 1. The molecule has 57 heavy (non-hydrogen) atoms. The van der Waals surface area contributed by atoms with Gasteiger partial charge in [0.05, 0.1) is 23.8 Å². The number of aliphatic hydroxyl groups excluding tert-OH is 4. The zero-order valence-electron chi connectivity index (χ0n) is 32.2. The average molecular weight is 790 g/mol. The number of aryl methyl sites for hydroxylation is 1. The normalized spacial score (nSPS) is 29.8. The number of hydrogen-bond acceptors (Lipinski definition) is 13. The van der Waals surface area contributed by atoms with Crippen LogP contribution in [0.1, 0.15) is 50.9 Å². The molecule has 8 rings (SSSR count). The minimum absolute atomic E-state index is 0.00988. The van der Waals surface area contributed by atoms with Gasteiger partial charge in [0.15, 0.2) is 22.8 Å². The second-order valence-electron chi connectivity index (χ2n) is 16.2. The van der Waals surface area contributed by atoms with Crippen molar-refractivity contribution in [3.05, 3.63) is 81.8 Å². The standard InChI is InChI=1S/C41H49N5O11/c1-4-29-25-6-10-43-28(25)18-46(29)36-37-24(15-26-31(48)13-22(2)55-38(26)36)16-34(40(3,56-37)9-5-23-14-35(51)44-17-23)57-54-20-33(50)41(53,39(52)32(49)19-47)21-45-12-8-27-30(45)7-11-42-27/h6-8,10-13,15,23,30,32-34,39,47,49-50,52-53H,4-5,9,14,16-21H2,1-3H3,(H,44,51)/p+2/t23-,30?,32-,33+,34-,39-,40-,41-/m1/s1. The third-order valence-electron chi connectivity index (χ3n) is 12.4. The Morgan fingerprint density at radius 1 is 1.14 bits per heavy atom. The number of benzene rings is 1. The fraction of sp³-hybridized carbons (Fsp3) is 0.512. The number of aliphatic imine (C=N–C) groups is 2. The Morgan fingerprint density at radius 2 is 1.96 bits per heavy atom. The van der Waals surface area contributed by atoms with Crippen LogP contribution in [0.15, 0.2) is 79.4 Å². The van der Waals surface area contributed by atoms with Crippen LogP contribution >= 0.6 is 0 Å². The van der Waals surface area contributed by atoms with Crippen LogP contribution in [0.4, 0.5) is 5.69 Å². The molecule has 0 saturated carbocycles. The van der Waals surface area contributed by atoms with Crippen LogP contribution in [-0.2, 0) is 21.0 Å². The second kappa shape index (κ2) is 15.4. The van der Waals surface area contributed by atoms with Crippen molar-refractivity contribution in [2.45, 2.75) is 94.5 Å². The molecule has 16 nitrogen and oxygen atoms in total. The lowest BCUT2D eigenvalue weighted by Gasteiger charge is -2.43. The van der Waals surface area contributed by atoms with Gasteiger partial charge >= 0.3 is 0 Å². The van der Waals surface area contributed by atoms with Crippen LogP contribution < -0.4 is 25.3 Å². The number of ether oxygens (including phenoxy) is 1. The largest absolute Gasteiger partial charge is 0.478 e. The second-order valence-corrected chi connectivity index (χ2v) is 16.2. The maximum Gasteiger partial charge on any atom is 0.222 e. The molecule has 1 fully saturated rings. The van der Waals surface area contributed by atoms with Crippen LogP contribution in [-0.4, -0.2) is 117 Å². The van der Waals surface area contributed by atoms with Gasteiger partial charge in [-0.2, -0.15) is 0 Å². The summed E-state index contributed by atoms with van der Waals surface area (Å²) in [6, 6.07) is 2.97. The molecule has 0 radical (unpaired) electrons. The minimum Gasteiger partial charge on any atom is -0.478 e. The van der Waals surface area contributed by atoms with E-state index in [2.05, 4.69) is 22.2 Å². The topological polar surface area (TPSA) is 222 Å². The van der Waals surface area contributed by atoms with E-state index in [1.54, 1.807) is 37.7 Å². The first-order valence-electron chi connectivity index (χ1n) is 19.7. The summed E-state index contributed by atoms with van der Waals surface area (Å²) in [4.78, 5) is 48.1. The summed E-state index contributed by atoms with van der Waals surface area (Å²) < 4.78 is 13.4. The van der Waals surface area contributed by atoms with E-state index in [0.29, 0.717) is 71.0 Å². The smallest absolute Gasteiger partial charge is 0.222 e. The van der Waals surface area contributed by atoms with Gasteiger partial charge in [0.25, 0.3) is 0 Å². The highest BCUT2D eigenvalue weighted by Gasteiger charge is 2.52. The van der Waals surface area contributed by atoms with Crippen LogP contribution in [0.5, 0.6) is 5.75 Å². The Bertz CT molecular complexity index is 2190. The van der Waals surface area contributed by atoms with Crippen molar-refractivity contribution >= 4 is 34.0 Å². The Labute approximate surface area is 328 Å². The number of nitrogens with one attached hydrogen (secondary N) is 3. The molecular formula is C41H51N5O11+2. The monoisotopic (exact) mass is 789 g/mol. The molecule has 1 aromatic carbocycles. The molecule has 16 heteroatoms. The predicted octanol–water partition coefficient (Wildman–Crippen LogP) is -1.25. The van der Waals surface area contributed by atoms with E-state index in [0.717, 1.165) is 34.0 Å².